The molecule has 2 unspecified atom stereocenters. The smallest absolute Gasteiger partial charge is 0.187 e. The average Bonchev–Trinajstić information content (AvgIpc) is 3.48. The van der Waals surface area contributed by atoms with Gasteiger partial charge in [-0.1, -0.05) is 46.3 Å². The number of allylic oxidation sites excluding steroid dienone is 2. The van der Waals surface area contributed by atoms with E-state index in [4.69, 9.17) is 18.9 Å². The molecule has 0 radical (unpaired) electrons. The maximum Gasteiger partial charge on any atom is 0.187 e. The van der Waals surface area contributed by atoms with Crippen LogP contribution in [0.2, 0.25) is 0 Å². The van der Waals surface area contributed by atoms with Crippen LogP contribution in [-0.2, 0) is 18.9 Å². The number of aliphatic hydroxyl groups excluding tert-OH is 9. The van der Waals surface area contributed by atoms with Gasteiger partial charge >= 0.3 is 0 Å². The fourth-order valence-corrected chi connectivity index (χ4v) is 13.1. The molecule has 2 saturated heterocycles. The van der Waals surface area contributed by atoms with Crippen LogP contribution in [-0.4, -0.2) is 138 Å². The first-order chi connectivity index (χ1) is 25.0. The zero-order valence-corrected chi connectivity index (χ0v) is 33.5. The Morgan fingerprint density at radius 1 is 0.759 bits per heavy atom. The number of ether oxygens (including phenoxy) is 4. The van der Waals surface area contributed by atoms with Crippen molar-refractivity contribution in [2.45, 2.75) is 186 Å². The predicted octanol–water partition coefficient (Wildman–Crippen LogP) is 1.76. The van der Waals surface area contributed by atoms with Crippen LogP contribution in [0.1, 0.15) is 107 Å². The number of hydrogen-bond acceptors (Lipinski definition) is 13. The second kappa shape index (κ2) is 15.1. The first kappa shape index (κ1) is 42.8. The summed E-state index contributed by atoms with van der Waals surface area (Å²) in [4.78, 5) is 0. The molecule has 0 aromatic rings. The second-order valence-corrected chi connectivity index (χ2v) is 19.8. The Balaban J connectivity index is 1.27. The largest absolute Gasteiger partial charge is 0.393 e. The molecule has 20 atom stereocenters. The lowest BCUT2D eigenvalue weighted by molar-refractivity contribution is -0.345. The summed E-state index contributed by atoms with van der Waals surface area (Å²) < 4.78 is 24.0. The molecule has 0 bridgehead atoms. The minimum Gasteiger partial charge on any atom is -0.393 e. The van der Waals surface area contributed by atoms with Gasteiger partial charge in [-0.25, -0.2) is 0 Å². The highest BCUT2D eigenvalue weighted by Crippen LogP contribution is 2.76. The quantitative estimate of drug-likeness (QED) is 0.153. The van der Waals surface area contributed by atoms with Crippen molar-refractivity contribution in [2.24, 2.45) is 45.3 Å². The third kappa shape index (κ3) is 6.86. The monoisotopic (exact) mass is 770 g/mol. The maximum atomic E-state index is 12.4. The van der Waals surface area contributed by atoms with Crippen LogP contribution in [0, 0.1) is 45.3 Å². The molecule has 2 aliphatic heterocycles. The molecule has 6 fully saturated rings. The van der Waals surface area contributed by atoms with Crippen LogP contribution in [0.5, 0.6) is 0 Å². The van der Waals surface area contributed by atoms with Crippen molar-refractivity contribution < 1.29 is 64.9 Å². The fourth-order valence-electron chi connectivity index (χ4n) is 13.1. The standard InChI is InChI=1S/C41H70O13/c1-20(2)10-9-13-41(8,54-36-33(49)31(47)30(46)25(53-36)19-52-35-32(48)29(45)24(44)18-51-35)21-11-14-40(7)28(21)22(42)16-27-38(5)17-23(43)34(50)37(3,4)26(38)12-15-39(27,40)6/h10,21-36,42-50H,9,11-19H2,1-8H3/t21-,22+,23+,24+,25+,26-,27?,28?,29-,30+,31-,32-,33+,34-,35-,36+,38-,39+,40+,41-/m0/s1. The number of fused-ring (bicyclic) bond motifs is 5. The van der Waals surface area contributed by atoms with Gasteiger partial charge in [0, 0.05) is 0 Å². The Kier molecular flexibility index (Phi) is 12.0. The van der Waals surface area contributed by atoms with Gasteiger partial charge in [-0.15, -0.1) is 0 Å². The lowest BCUT2D eigenvalue weighted by Gasteiger charge is -2.71. The van der Waals surface area contributed by atoms with E-state index in [2.05, 4.69) is 40.7 Å². The highest BCUT2D eigenvalue weighted by molar-refractivity contribution is 5.21. The zero-order valence-electron chi connectivity index (χ0n) is 33.5. The first-order valence-corrected chi connectivity index (χ1v) is 20.4. The maximum absolute atomic E-state index is 12.4. The van der Waals surface area contributed by atoms with E-state index in [0.717, 1.165) is 31.3 Å². The molecule has 0 amide bonds. The molecule has 6 aliphatic rings. The summed E-state index contributed by atoms with van der Waals surface area (Å²) in [5.41, 5.74) is -1.03. The van der Waals surface area contributed by atoms with Crippen LogP contribution >= 0.6 is 0 Å². The van der Waals surface area contributed by atoms with E-state index in [9.17, 15) is 46.0 Å². The molecule has 9 N–H and O–H groups in total. The van der Waals surface area contributed by atoms with Crippen LogP contribution < -0.4 is 0 Å². The van der Waals surface area contributed by atoms with Gasteiger partial charge in [-0.05, 0) is 117 Å². The van der Waals surface area contributed by atoms with E-state index in [1.165, 1.54) is 0 Å². The van der Waals surface area contributed by atoms with E-state index in [1.54, 1.807) is 0 Å². The molecule has 13 heteroatoms. The molecular formula is C41H70O13. The third-order valence-corrected chi connectivity index (χ3v) is 16.2. The molecule has 4 aliphatic carbocycles. The number of hydrogen-bond donors (Lipinski definition) is 9. The zero-order chi connectivity index (χ0) is 39.9. The highest BCUT2D eigenvalue weighted by atomic mass is 16.7. The molecule has 0 aromatic carbocycles. The van der Waals surface area contributed by atoms with Crippen molar-refractivity contribution in [3.8, 4) is 0 Å². The van der Waals surface area contributed by atoms with Gasteiger partial charge in [0.1, 0.15) is 42.7 Å². The summed E-state index contributed by atoms with van der Waals surface area (Å²) in [6, 6.07) is 0. The Bertz CT molecular complexity index is 1360. The van der Waals surface area contributed by atoms with Crippen LogP contribution in [0.25, 0.3) is 0 Å². The third-order valence-electron chi connectivity index (χ3n) is 16.2. The van der Waals surface area contributed by atoms with E-state index in [0.29, 0.717) is 25.7 Å². The SMILES string of the molecule is CC(C)=CCC[C@](C)(O[C@H]1O[C@H](CO[C@@H]2OC[C@@H](O)[C@H](O)[C@@H]2O)[C@@H](O)[C@H](O)[C@H]1O)[C@H]1CC[C@]2(C)C1[C@H](O)CC1[C@@]3(C)C[C@@H](O)[C@H](O)C(C)(C)[C@@H]3CC[C@]12C. The van der Waals surface area contributed by atoms with E-state index in [1.807, 2.05) is 20.8 Å². The minimum absolute atomic E-state index is 0.120. The van der Waals surface area contributed by atoms with Gasteiger partial charge in [-0.2, -0.15) is 0 Å². The summed E-state index contributed by atoms with van der Waals surface area (Å²) in [7, 11) is 0. The molecule has 2 heterocycles. The molecule has 13 nitrogen and oxygen atoms in total. The lowest BCUT2D eigenvalue weighted by Crippen LogP contribution is -2.68. The summed E-state index contributed by atoms with van der Waals surface area (Å²) in [6.07, 6.45) is -7.52. The molecule has 6 rings (SSSR count). The summed E-state index contributed by atoms with van der Waals surface area (Å²) >= 11 is 0. The molecule has 54 heavy (non-hydrogen) atoms. The van der Waals surface area contributed by atoms with Crippen molar-refractivity contribution in [1.82, 2.24) is 0 Å². The van der Waals surface area contributed by atoms with Crippen LogP contribution in [0.3, 0.4) is 0 Å². The van der Waals surface area contributed by atoms with Crippen molar-refractivity contribution in [1.29, 1.82) is 0 Å². The van der Waals surface area contributed by atoms with Crippen molar-refractivity contribution >= 4 is 0 Å². The fraction of sp³-hybridized carbons (Fsp3) is 0.951. The summed E-state index contributed by atoms with van der Waals surface area (Å²) in [5.74, 6) is -0.00789. The average molecular weight is 771 g/mol. The topological polar surface area (TPSA) is 219 Å². The molecule has 0 aromatic heterocycles. The second-order valence-electron chi connectivity index (χ2n) is 19.8. The molecule has 0 spiro atoms. The Labute approximate surface area is 320 Å². The number of aliphatic hydroxyl groups is 9. The van der Waals surface area contributed by atoms with Crippen molar-refractivity contribution in [3.05, 3.63) is 11.6 Å². The van der Waals surface area contributed by atoms with E-state index >= 15 is 0 Å². The van der Waals surface area contributed by atoms with Gasteiger partial charge in [0.15, 0.2) is 12.6 Å². The van der Waals surface area contributed by atoms with Gasteiger partial charge in [-0.3, -0.25) is 0 Å². The molecule has 4 saturated carbocycles. The predicted molar refractivity (Wildman–Crippen MR) is 196 cm³/mol. The Morgan fingerprint density at radius 3 is 2.07 bits per heavy atom. The molecular weight excluding hydrogens is 700 g/mol. The summed E-state index contributed by atoms with van der Waals surface area (Å²) in [5, 5.41) is 98.2. The van der Waals surface area contributed by atoms with Gasteiger partial charge in [0.2, 0.25) is 0 Å². The van der Waals surface area contributed by atoms with Crippen molar-refractivity contribution in [2.75, 3.05) is 13.2 Å². The van der Waals surface area contributed by atoms with E-state index < -0.39 is 84.6 Å². The summed E-state index contributed by atoms with van der Waals surface area (Å²) in [6.45, 7) is 16.5. The Morgan fingerprint density at radius 2 is 1.41 bits per heavy atom. The lowest BCUT2D eigenvalue weighted by atomic mass is 9.35. The first-order valence-electron chi connectivity index (χ1n) is 20.4. The normalized spacial score (nSPS) is 52.8. The molecule has 312 valence electrons. The van der Waals surface area contributed by atoms with Crippen molar-refractivity contribution in [3.63, 3.8) is 0 Å². The Hall–Kier alpha value is -0.780. The number of rotatable bonds is 9. The van der Waals surface area contributed by atoms with E-state index in [-0.39, 0.29) is 53.1 Å². The highest BCUT2D eigenvalue weighted by Gasteiger charge is 2.72. The van der Waals surface area contributed by atoms with Crippen LogP contribution in [0.15, 0.2) is 11.6 Å². The van der Waals surface area contributed by atoms with Gasteiger partial charge in [0.25, 0.3) is 0 Å². The van der Waals surface area contributed by atoms with Crippen LogP contribution in [0.4, 0.5) is 0 Å². The minimum atomic E-state index is -1.65. The van der Waals surface area contributed by atoms with Gasteiger partial charge in [0.05, 0.1) is 37.1 Å². The van der Waals surface area contributed by atoms with Gasteiger partial charge < -0.3 is 64.9 Å².